The predicted molar refractivity (Wildman–Crippen MR) is 151 cm³/mol. The zero-order valence-electron chi connectivity index (χ0n) is 21.1. The van der Waals surface area contributed by atoms with Crippen LogP contribution in [-0.4, -0.2) is 53.4 Å². The minimum Gasteiger partial charge on any atom is -0.388 e. The van der Waals surface area contributed by atoms with E-state index in [1.165, 1.54) is 0 Å². The summed E-state index contributed by atoms with van der Waals surface area (Å²) in [6.07, 6.45) is 3.30. The van der Waals surface area contributed by atoms with Crippen LogP contribution in [-0.2, 0) is 0 Å². The highest BCUT2D eigenvalue weighted by atomic mass is 79.9. The first-order valence-electron chi connectivity index (χ1n) is 11.4. The fraction of sp³-hybridized carbons (Fsp3) is 0.417. The zero-order chi connectivity index (χ0) is 26.7. The average molecular weight is 624 g/mol. The highest BCUT2D eigenvalue weighted by Crippen LogP contribution is 2.27. The van der Waals surface area contributed by atoms with Gasteiger partial charge in [0, 0.05) is 23.8 Å². The molecule has 12 heteroatoms. The lowest BCUT2D eigenvalue weighted by Crippen LogP contribution is -2.39. The normalized spacial score (nSPS) is 13.6. The number of halogens is 2. The van der Waals surface area contributed by atoms with E-state index in [1.54, 1.807) is 40.1 Å². The molecule has 6 N–H and O–H groups in total. The number of aromatic nitrogens is 4. The van der Waals surface area contributed by atoms with Crippen LogP contribution >= 0.6 is 31.9 Å². The van der Waals surface area contributed by atoms with Crippen molar-refractivity contribution in [3.8, 4) is 0 Å². The molecule has 3 aromatic rings. The lowest BCUT2D eigenvalue weighted by Gasteiger charge is -2.27. The molecular formula is C24H32Br2N8O2. The fourth-order valence-corrected chi connectivity index (χ4v) is 3.36. The molecule has 1 aromatic carbocycles. The molecule has 2 aromatic heterocycles. The number of nitrogens with zero attached hydrogens (tertiary/aromatic N) is 4. The van der Waals surface area contributed by atoms with Gasteiger partial charge in [-0.1, -0.05) is 6.07 Å². The molecule has 0 spiro atoms. The Labute approximate surface area is 228 Å². The highest BCUT2D eigenvalue weighted by Gasteiger charge is 2.24. The maximum Gasteiger partial charge on any atom is 0.229 e. The second kappa shape index (κ2) is 11.2. The van der Waals surface area contributed by atoms with Gasteiger partial charge in [-0.2, -0.15) is 9.97 Å². The Kier molecular flexibility index (Phi) is 8.75. The van der Waals surface area contributed by atoms with Crippen molar-refractivity contribution in [2.45, 2.75) is 64.8 Å². The van der Waals surface area contributed by atoms with Gasteiger partial charge in [-0.05, 0) is 91.6 Å². The van der Waals surface area contributed by atoms with Crippen LogP contribution < -0.4 is 21.3 Å². The summed E-state index contributed by atoms with van der Waals surface area (Å²) < 4.78 is 1.38. The second-order valence-electron chi connectivity index (χ2n) is 9.65. The van der Waals surface area contributed by atoms with E-state index in [2.05, 4.69) is 73.1 Å². The molecule has 2 heterocycles. The van der Waals surface area contributed by atoms with E-state index in [-0.39, 0.29) is 12.1 Å². The van der Waals surface area contributed by atoms with Gasteiger partial charge >= 0.3 is 0 Å². The van der Waals surface area contributed by atoms with E-state index < -0.39 is 11.2 Å². The second-order valence-corrected chi connectivity index (χ2v) is 11.4. The van der Waals surface area contributed by atoms with Gasteiger partial charge in [-0.3, -0.25) is 0 Å². The van der Waals surface area contributed by atoms with E-state index in [4.69, 9.17) is 0 Å². The van der Waals surface area contributed by atoms with Crippen LogP contribution in [0.2, 0.25) is 0 Å². The molecule has 0 aliphatic carbocycles. The van der Waals surface area contributed by atoms with E-state index in [0.717, 1.165) is 11.4 Å². The molecule has 0 aliphatic heterocycles. The van der Waals surface area contributed by atoms with Gasteiger partial charge in [0.1, 0.15) is 11.6 Å². The number of benzene rings is 1. The molecular weight excluding hydrogens is 592 g/mol. The number of aliphatic hydroxyl groups is 2. The first-order valence-corrected chi connectivity index (χ1v) is 13.0. The van der Waals surface area contributed by atoms with Gasteiger partial charge in [0.2, 0.25) is 11.9 Å². The quantitative estimate of drug-likeness (QED) is 0.173. The van der Waals surface area contributed by atoms with Crippen molar-refractivity contribution in [3.05, 3.63) is 45.6 Å². The molecule has 0 saturated heterocycles. The van der Waals surface area contributed by atoms with Crippen molar-refractivity contribution in [1.29, 1.82) is 0 Å². The van der Waals surface area contributed by atoms with Crippen LogP contribution in [0.15, 0.2) is 45.6 Å². The minimum absolute atomic E-state index is 0.235. The van der Waals surface area contributed by atoms with Crippen LogP contribution in [0.25, 0.3) is 0 Å². The highest BCUT2D eigenvalue weighted by molar-refractivity contribution is 9.11. The largest absolute Gasteiger partial charge is 0.388 e. The summed E-state index contributed by atoms with van der Waals surface area (Å²) >= 11 is 6.91. The van der Waals surface area contributed by atoms with Crippen LogP contribution in [0, 0.1) is 0 Å². The molecule has 3 rings (SSSR count). The molecule has 0 aliphatic rings. The topological polar surface area (TPSA) is 140 Å². The fourth-order valence-electron chi connectivity index (χ4n) is 2.75. The third kappa shape index (κ3) is 7.73. The zero-order valence-corrected chi connectivity index (χ0v) is 24.2. The third-order valence-electron chi connectivity index (χ3n) is 5.69. The summed E-state index contributed by atoms with van der Waals surface area (Å²) in [7, 11) is 0. The smallest absolute Gasteiger partial charge is 0.229 e. The van der Waals surface area contributed by atoms with Crippen molar-refractivity contribution in [3.63, 3.8) is 0 Å². The lowest BCUT2D eigenvalue weighted by molar-refractivity contribution is 0.0643. The summed E-state index contributed by atoms with van der Waals surface area (Å²) in [5, 5.41) is 33.3. The van der Waals surface area contributed by atoms with Gasteiger partial charge in [0.15, 0.2) is 0 Å². The first-order chi connectivity index (χ1) is 16.7. The average Bonchev–Trinajstić information content (AvgIpc) is 2.77. The van der Waals surface area contributed by atoms with Crippen LogP contribution in [0.4, 0.5) is 34.9 Å². The number of nitrogens with one attached hydrogen (secondary N) is 4. The monoisotopic (exact) mass is 622 g/mol. The Morgan fingerprint density at radius 1 is 0.750 bits per heavy atom. The minimum atomic E-state index is -0.922. The SMILES string of the molecule is CC(Nc1nc(Nc2cccc(Nc3ncc(Br)c(N[C@H](C)C(C)(C)O)n3)c2)ncc1Br)C(C)(C)O. The number of rotatable bonds is 10. The molecule has 0 fully saturated rings. The molecule has 0 radical (unpaired) electrons. The standard InChI is InChI=1S/C24H32Br2N8O2/c1-13(23(3,4)35)29-19-17(25)11-27-21(33-19)31-15-8-7-9-16(10-15)32-22-28-12-18(26)20(34-22)30-14(2)24(5,6)36/h7-14,35-36H,1-6H3,(H2,27,29,31,33)(H2,28,30,32,34)/t13-,14?/m1/s1. The van der Waals surface area contributed by atoms with Crippen LogP contribution in [0.1, 0.15) is 41.5 Å². The molecule has 1 unspecified atom stereocenters. The Morgan fingerprint density at radius 2 is 1.14 bits per heavy atom. The molecule has 0 saturated carbocycles. The van der Waals surface area contributed by atoms with E-state index in [1.807, 2.05) is 38.1 Å². The molecule has 0 bridgehead atoms. The number of hydrogen-bond acceptors (Lipinski definition) is 10. The Bertz CT molecular complexity index is 1110. The molecule has 194 valence electrons. The van der Waals surface area contributed by atoms with E-state index in [9.17, 15) is 10.2 Å². The summed E-state index contributed by atoms with van der Waals surface area (Å²) in [5.41, 5.74) is -0.325. The van der Waals surface area contributed by atoms with Gasteiger partial charge in [0.25, 0.3) is 0 Å². The van der Waals surface area contributed by atoms with Crippen molar-refractivity contribution < 1.29 is 10.2 Å². The van der Waals surface area contributed by atoms with E-state index >= 15 is 0 Å². The number of hydrogen-bond donors (Lipinski definition) is 6. The van der Waals surface area contributed by atoms with Gasteiger partial charge in [-0.25, -0.2) is 9.97 Å². The number of anilines is 6. The van der Waals surface area contributed by atoms with Crippen molar-refractivity contribution in [1.82, 2.24) is 19.9 Å². The van der Waals surface area contributed by atoms with Crippen LogP contribution in [0.5, 0.6) is 0 Å². The third-order valence-corrected chi connectivity index (χ3v) is 6.85. The van der Waals surface area contributed by atoms with Gasteiger partial charge in [-0.15, -0.1) is 0 Å². The molecule has 2 atom stereocenters. The van der Waals surface area contributed by atoms with Gasteiger partial charge < -0.3 is 31.5 Å². The maximum absolute atomic E-state index is 10.2. The Hall–Kier alpha value is -2.54. The summed E-state index contributed by atoms with van der Waals surface area (Å²) in [6, 6.07) is 7.08. The van der Waals surface area contributed by atoms with Gasteiger partial charge in [0.05, 0.1) is 32.2 Å². The molecule has 10 nitrogen and oxygen atoms in total. The van der Waals surface area contributed by atoms with Crippen molar-refractivity contribution in [2.24, 2.45) is 0 Å². The summed E-state index contributed by atoms with van der Waals surface area (Å²) in [6.45, 7) is 10.7. The van der Waals surface area contributed by atoms with Crippen molar-refractivity contribution >= 4 is 66.8 Å². The van der Waals surface area contributed by atoms with Crippen molar-refractivity contribution in [2.75, 3.05) is 21.3 Å². The maximum atomic E-state index is 10.2. The molecule has 0 amide bonds. The Morgan fingerprint density at radius 3 is 1.50 bits per heavy atom. The lowest BCUT2D eigenvalue weighted by atomic mass is 10.0. The predicted octanol–water partition coefficient (Wildman–Crippen LogP) is 5.42. The Balaban J connectivity index is 1.75. The summed E-state index contributed by atoms with van der Waals surface area (Å²) in [4.78, 5) is 17.7. The molecule has 36 heavy (non-hydrogen) atoms. The van der Waals surface area contributed by atoms with Crippen LogP contribution in [0.3, 0.4) is 0 Å². The summed E-state index contributed by atoms with van der Waals surface area (Å²) in [5.74, 6) is 1.93. The van der Waals surface area contributed by atoms with E-state index in [0.29, 0.717) is 32.5 Å². The first kappa shape index (κ1) is 28.0.